The summed E-state index contributed by atoms with van der Waals surface area (Å²) in [6.45, 7) is 3.29. The minimum absolute atomic E-state index is 0.0000582. The number of aromatic nitrogens is 5. The molecule has 0 saturated carbocycles. The van der Waals surface area contributed by atoms with Gasteiger partial charge in [0.2, 0.25) is 11.6 Å². The number of carbonyl (C=O) groups is 2. The molecule has 0 spiro atoms. The van der Waals surface area contributed by atoms with Crippen molar-refractivity contribution < 1.29 is 23.7 Å². The SMILES string of the molecule is COc1cc(/C(C)=N/NC(=O)c2nnn(-c3nonc3N)c2C)ccc1OC(=O)c1ccc(Cl)cc1. The summed E-state index contributed by atoms with van der Waals surface area (Å²) in [5, 5.41) is 19.4. The number of ether oxygens (including phenoxy) is 2. The van der Waals surface area contributed by atoms with Crippen LogP contribution in [-0.2, 0) is 0 Å². The smallest absolute Gasteiger partial charge is 0.343 e. The monoisotopic (exact) mass is 510 g/mol. The van der Waals surface area contributed by atoms with Crippen LogP contribution in [0.25, 0.3) is 5.82 Å². The molecule has 0 bridgehead atoms. The Morgan fingerprint density at radius 1 is 1.11 bits per heavy atom. The Bertz CT molecular complexity index is 1460. The van der Waals surface area contributed by atoms with Gasteiger partial charge in [0.05, 0.1) is 24.1 Å². The lowest BCUT2D eigenvalue weighted by atomic mass is 10.1. The van der Waals surface area contributed by atoms with Crippen LogP contribution in [0.4, 0.5) is 5.82 Å². The fourth-order valence-corrected chi connectivity index (χ4v) is 3.18. The largest absolute Gasteiger partial charge is 0.493 e. The first-order valence-corrected chi connectivity index (χ1v) is 10.7. The fraction of sp³-hybridized carbons (Fsp3) is 0.136. The van der Waals surface area contributed by atoms with E-state index in [0.717, 1.165) is 0 Å². The second kappa shape index (κ2) is 10.2. The van der Waals surface area contributed by atoms with E-state index in [2.05, 4.69) is 35.8 Å². The second-order valence-corrected chi connectivity index (χ2v) is 7.74. The Kier molecular flexibility index (Phi) is 6.92. The molecule has 3 N–H and O–H groups in total. The number of benzene rings is 2. The molecular formula is C22H19ClN8O5. The highest BCUT2D eigenvalue weighted by atomic mass is 35.5. The molecular weight excluding hydrogens is 492 g/mol. The third kappa shape index (κ3) is 5.00. The van der Waals surface area contributed by atoms with Crippen molar-refractivity contribution in [2.24, 2.45) is 5.10 Å². The van der Waals surface area contributed by atoms with Crippen LogP contribution in [0.15, 0.2) is 52.2 Å². The lowest BCUT2D eigenvalue weighted by molar-refractivity contribution is 0.0729. The Labute approximate surface area is 208 Å². The molecule has 0 fully saturated rings. The number of nitrogens with two attached hydrogens (primary N) is 1. The highest BCUT2D eigenvalue weighted by Crippen LogP contribution is 2.29. The first-order chi connectivity index (χ1) is 17.3. The van der Waals surface area contributed by atoms with E-state index >= 15 is 0 Å². The number of nitrogens with zero attached hydrogens (tertiary/aromatic N) is 6. The summed E-state index contributed by atoms with van der Waals surface area (Å²) in [6, 6.07) is 11.2. The molecule has 1 amide bonds. The molecule has 4 aromatic rings. The number of carbonyl (C=O) groups excluding carboxylic acids is 2. The first kappa shape index (κ1) is 24.3. The highest BCUT2D eigenvalue weighted by molar-refractivity contribution is 6.30. The van der Waals surface area contributed by atoms with E-state index in [0.29, 0.717) is 33.3 Å². The molecule has 0 unspecified atom stereocenters. The van der Waals surface area contributed by atoms with Gasteiger partial charge in [-0.2, -0.15) is 9.78 Å². The highest BCUT2D eigenvalue weighted by Gasteiger charge is 2.21. The second-order valence-electron chi connectivity index (χ2n) is 7.31. The molecule has 0 radical (unpaired) electrons. The van der Waals surface area contributed by atoms with Crippen molar-refractivity contribution >= 4 is 35.0 Å². The standard InChI is InChI=1S/C22H19ClN8O5/c1-11(25-27-21(32)18-12(2)31(30-26-18)20-19(24)28-36-29-20)14-6-9-16(17(10-14)34-3)35-22(33)13-4-7-15(23)8-5-13/h4-10H,1-3H3,(H2,24,28)(H,27,32)/b25-11+. The van der Waals surface area contributed by atoms with E-state index in [4.69, 9.17) is 26.8 Å². The zero-order valence-electron chi connectivity index (χ0n) is 19.2. The number of hydrogen-bond donors (Lipinski definition) is 2. The Balaban J connectivity index is 1.47. The number of hydrazone groups is 1. The van der Waals surface area contributed by atoms with Crippen LogP contribution < -0.4 is 20.6 Å². The molecule has 0 saturated heterocycles. The summed E-state index contributed by atoms with van der Waals surface area (Å²) < 4.78 is 16.6. The summed E-state index contributed by atoms with van der Waals surface area (Å²) in [5.41, 5.74) is 9.86. The number of nitrogens with one attached hydrogen (secondary N) is 1. The van der Waals surface area contributed by atoms with Crippen LogP contribution in [0.1, 0.15) is 39.0 Å². The summed E-state index contributed by atoms with van der Waals surface area (Å²) in [4.78, 5) is 25.0. The van der Waals surface area contributed by atoms with Crippen LogP contribution in [-0.4, -0.2) is 50.0 Å². The molecule has 184 valence electrons. The molecule has 0 aliphatic heterocycles. The van der Waals surface area contributed by atoms with Gasteiger partial charge in [-0.3, -0.25) is 4.79 Å². The quantitative estimate of drug-likeness (QED) is 0.163. The van der Waals surface area contributed by atoms with Crippen LogP contribution >= 0.6 is 11.6 Å². The van der Waals surface area contributed by atoms with Crippen molar-refractivity contribution in [1.82, 2.24) is 30.7 Å². The van der Waals surface area contributed by atoms with Crippen LogP contribution in [0.5, 0.6) is 11.5 Å². The van der Waals surface area contributed by atoms with E-state index in [1.807, 2.05) is 0 Å². The summed E-state index contributed by atoms with van der Waals surface area (Å²) in [6.07, 6.45) is 0. The zero-order valence-corrected chi connectivity index (χ0v) is 20.0. The van der Waals surface area contributed by atoms with Crippen molar-refractivity contribution in [3.63, 3.8) is 0 Å². The molecule has 36 heavy (non-hydrogen) atoms. The lowest BCUT2D eigenvalue weighted by Crippen LogP contribution is -2.21. The Morgan fingerprint density at radius 2 is 1.83 bits per heavy atom. The average molecular weight is 511 g/mol. The molecule has 2 heterocycles. The van der Waals surface area contributed by atoms with Gasteiger partial charge in [-0.25, -0.2) is 14.8 Å². The van der Waals surface area contributed by atoms with E-state index in [9.17, 15) is 9.59 Å². The van der Waals surface area contributed by atoms with Gasteiger partial charge in [0.15, 0.2) is 17.2 Å². The molecule has 2 aromatic heterocycles. The van der Waals surface area contributed by atoms with E-state index < -0.39 is 11.9 Å². The van der Waals surface area contributed by atoms with E-state index in [1.54, 1.807) is 56.3 Å². The van der Waals surface area contributed by atoms with Gasteiger partial charge in [0.1, 0.15) is 0 Å². The van der Waals surface area contributed by atoms with Gasteiger partial charge in [0.25, 0.3) is 5.91 Å². The number of amides is 1. The first-order valence-electron chi connectivity index (χ1n) is 10.3. The van der Waals surface area contributed by atoms with Crippen molar-refractivity contribution in [3.8, 4) is 17.3 Å². The fourth-order valence-electron chi connectivity index (χ4n) is 3.05. The van der Waals surface area contributed by atoms with Crippen molar-refractivity contribution in [2.45, 2.75) is 13.8 Å². The number of rotatable bonds is 7. The number of anilines is 1. The van der Waals surface area contributed by atoms with Crippen molar-refractivity contribution in [2.75, 3.05) is 12.8 Å². The van der Waals surface area contributed by atoms with Gasteiger partial charge >= 0.3 is 5.97 Å². The number of hydrogen-bond acceptors (Lipinski definition) is 11. The molecule has 13 nitrogen and oxygen atoms in total. The zero-order chi connectivity index (χ0) is 25.8. The Hall–Kier alpha value is -4.78. The maximum Gasteiger partial charge on any atom is 0.343 e. The van der Waals surface area contributed by atoms with Gasteiger partial charge in [-0.05, 0) is 66.6 Å². The van der Waals surface area contributed by atoms with Crippen LogP contribution in [0.3, 0.4) is 0 Å². The molecule has 14 heteroatoms. The third-order valence-corrected chi connectivity index (χ3v) is 5.25. The van der Waals surface area contributed by atoms with Crippen LogP contribution in [0, 0.1) is 6.92 Å². The number of methoxy groups -OCH3 is 1. The van der Waals surface area contributed by atoms with E-state index in [1.165, 1.54) is 11.8 Å². The predicted octanol–water partition coefficient (Wildman–Crippen LogP) is 2.58. The van der Waals surface area contributed by atoms with E-state index in [-0.39, 0.29) is 23.1 Å². The number of nitrogen functional groups attached to an aromatic ring is 1. The summed E-state index contributed by atoms with van der Waals surface area (Å²) in [7, 11) is 1.44. The summed E-state index contributed by atoms with van der Waals surface area (Å²) >= 11 is 5.86. The topological polar surface area (TPSA) is 173 Å². The minimum atomic E-state index is -0.603. The van der Waals surface area contributed by atoms with Gasteiger partial charge in [-0.1, -0.05) is 16.8 Å². The normalized spacial score (nSPS) is 11.3. The molecule has 0 aliphatic rings. The minimum Gasteiger partial charge on any atom is -0.493 e. The van der Waals surface area contributed by atoms with Crippen LogP contribution in [0.2, 0.25) is 5.02 Å². The maximum atomic E-state index is 12.6. The average Bonchev–Trinajstić information content (AvgIpc) is 3.47. The third-order valence-electron chi connectivity index (χ3n) is 4.99. The number of esters is 1. The molecule has 0 atom stereocenters. The van der Waals surface area contributed by atoms with Crippen molar-refractivity contribution in [1.29, 1.82) is 0 Å². The molecule has 0 aliphatic carbocycles. The Morgan fingerprint density at radius 3 is 2.50 bits per heavy atom. The summed E-state index contributed by atoms with van der Waals surface area (Å²) in [5.74, 6) is -0.543. The predicted molar refractivity (Wildman–Crippen MR) is 127 cm³/mol. The number of halogens is 1. The molecule has 4 rings (SSSR count). The van der Waals surface area contributed by atoms with Gasteiger partial charge < -0.3 is 15.2 Å². The van der Waals surface area contributed by atoms with Crippen molar-refractivity contribution in [3.05, 3.63) is 70.0 Å². The van der Waals surface area contributed by atoms with Gasteiger partial charge in [-0.15, -0.1) is 5.10 Å². The molecule has 2 aromatic carbocycles. The lowest BCUT2D eigenvalue weighted by Gasteiger charge is -2.11. The maximum absolute atomic E-state index is 12.6. The van der Waals surface area contributed by atoms with Gasteiger partial charge in [0, 0.05) is 10.6 Å².